The van der Waals surface area contributed by atoms with Crippen LogP contribution in [-0.4, -0.2) is 35.7 Å². The van der Waals surface area contributed by atoms with Gasteiger partial charge in [-0.1, -0.05) is 11.2 Å². The lowest BCUT2D eigenvalue weighted by atomic mass is 10.1. The summed E-state index contributed by atoms with van der Waals surface area (Å²) in [6.45, 7) is 1.76. The van der Waals surface area contributed by atoms with Crippen molar-refractivity contribution in [2.45, 2.75) is 13.0 Å². The molecule has 0 saturated carbocycles. The molecule has 0 aliphatic heterocycles. The van der Waals surface area contributed by atoms with E-state index in [1.54, 1.807) is 21.1 Å². The number of anilines is 1. The van der Waals surface area contributed by atoms with E-state index >= 15 is 0 Å². The van der Waals surface area contributed by atoms with Crippen molar-refractivity contribution in [2.24, 2.45) is 0 Å². The van der Waals surface area contributed by atoms with Crippen molar-refractivity contribution < 1.29 is 14.0 Å². The Balaban J connectivity index is 1.86. The lowest BCUT2D eigenvalue weighted by Crippen LogP contribution is -2.18. The van der Waals surface area contributed by atoms with Crippen LogP contribution in [-0.2, 0) is 0 Å². The van der Waals surface area contributed by atoms with E-state index in [-0.39, 0.29) is 6.04 Å². The van der Waals surface area contributed by atoms with Crippen molar-refractivity contribution >= 4 is 22.5 Å². The first-order valence-corrected chi connectivity index (χ1v) is 9.79. The van der Waals surface area contributed by atoms with Crippen LogP contribution in [0.2, 0.25) is 0 Å². The standard InChI is InChI=1S/C20H22N4O3S/c1-12-22-20(24-27-12)13-5-8-15(9-6-13)23-18(19(21)28-4)14-7-10-16(25-2)17(11-14)26-3/h5-11,18,21,23H,1-4H3. The molecule has 28 heavy (non-hydrogen) atoms. The molecule has 0 amide bonds. The smallest absolute Gasteiger partial charge is 0.223 e. The third-order valence-corrected chi connectivity index (χ3v) is 4.88. The number of nitrogens with one attached hydrogen (secondary N) is 2. The Kier molecular flexibility index (Phi) is 6.20. The first kappa shape index (κ1) is 19.8. The number of hydrogen-bond acceptors (Lipinski definition) is 8. The largest absolute Gasteiger partial charge is 0.493 e. The molecule has 2 aromatic carbocycles. The normalized spacial score (nSPS) is 11.7. The number of nitrogens with zero attached hydrogens (tertiary/aromatic N) is 2. The molecule has 8 heteroatoms. The van der Waals surface area contributed by atoms with Gasteiger partial charge in [0.1, 0.15) is 0 Å². The van der Waals surface area contributed by atoms with E-state index in [9.17, 15) is 0 Å². The minimum Gasteiger partial charge on any atom is -0.493 e. The SMILES string of the molecule is COc1ccc(C(Nc2ccc(-c3noc(C)n3)cc2)C(=N)SC)cc1OC. The van der Waals surface area contributed by atoms with Gasteiger partial charge in [-0.2, -0.15) is 4.98 Å². The number of methoxy groups -OCH3 is 2. The highest BCUT2D eigenvalue weighted by Gasteiger charge is 2.19. The van der Waals surface area contributed by atoms with Gasteiger partial charge in [-0.15, -0.1) is 11.8 Å². The fraction of sp³-hybridized carbons (Fsp3) is 0.250. The minimum atomic E-state index is -0.312. The Morgan fingerprint density at radius 2 is 1.82 bits per heavy atom. The van der Waals surface area contributed by atoms with Crippen LogP contribution >= 0.6 is 11.8 Å². The molecule has 3 aromatic rings. The average molecular weight is 398 g/mol. The first-order valence-electron chi connectivity index (χ1n) is 8.57. The van der Waals surface area contributed by atoms with Gasteiger partial charge in [0.2, 0.25) is 11.7 Å². The molecule has 0 fully saturated rings. The topological polar surface area (TPSA) is 93.3 Å². The zero-order chi connectivity index (χ0) is 20.1. The fourth-order valence-electron chi connectivity index (χ4n) is 2.75. The second-order valence-corrected chi connectivity index (χ2v) is 6.82. The summed E-state index contributed by atoms with van der Waals surface area (Å²) in [7, 11) is 3.20. The summed E-state index contributed by atoms with van der Waals surface area (Å²) >= 11 is 1.39. The Bertz CT molecular complexity index is 956. The maximum Gasteiger partial charge on any atom is 0.223 e. The van der Waals surface area contributed by atoms with Gasteiger partial charge in [0.15, 0.2) is 11.5 Å². The predicted octanol–water partition coefficient (Wildman–Crippen LogP) is 4.56. The van der Waals surface area contributed by atoms with Crippen molar-refractivity contribution in [1.82, 2.24) is 10.1 Å². The average Bonchev–Trinajstić information content (AvgIpc) is 3.17. The number of aryl methyl sites for hydroxylation is 1. The van der Waals surface area contributed by atoms with Crippen molar-refractivity contribution in [1.29, 1.82) is 5.41 Å². The molecule has 1 unspecified atom stereocenters. The van der Waals surface area contributed by atoms with Crippen LogP contribution < -0.4 is 14.8 Å². The van der Waals surface area contributed by atoms with E-state index in [2.05, 4.69) is 15.5 Å². The van der Waals surface area contributed by atoms with E-state index in [1.807, 2.05) is 48.7 Å². The van der Waals surface area contributed by atoms with Crippen LogP contribution in [0.5, 0.6) is 11.5 Å². The predicted molar refractivity (Wildman–Crippen MR) is 112 cm³/mol. The van der Waals surface area contributed by atoms with E-state index in [0.717, 1.165) is 16.8 Å². The Morgan fingerprint density at radius 1 is 1.11 bits per heavy atom. The van der Waals surface area contributed by atoms with Crippen molar-refractivity contribution in [2.75, 3.05) is 25.8 Å². The summed E-state index contributed by atoms with van der Waals surface area (Å²) in [5, 5.41) is 16.2. The van der Waals surface area contributed by atoms with Gasteiger partial charge in [-0.05, 0) is 48.2 Å². The summed E-state index contributed by atoms with van der Waals surface area (Å²) in [6, 6.07) is 13.1. The first-order chi connectivity index (χ1) is 13.5. The lowest BCUT2D eigenvalue weighted by Gasteiger charge is -2.21. The highest BCUT2D eigenvalue weighted by molar-refractivity contribution is 8.13. The third kappa shape index (κ3) is 4.28. The Hall–Kier alpha value is -3.00. The molecular weight excluding hydrogens is 376 g/mol. The van der Waals surface area contributed by atoms with Crippen LogP contribution in [0.25, 0.3) is 11.4 Å². The summed E-state index contributed by atoms with van der Waals surface area (Å²) < 4.78 is 15.7. The highest BCUT2D eigenvalue weighted by atomic mass is 32.2. The van der Waals surface area contributed by atoms with Gasteiger partial charge in [0.05, 0.1) is 25.3 Å². The van der Waals surface area contributed by atoms with Crippen molar-refractivity contribution in [3.8, 4) is 22.9 Å². The minimum absolute atomic E-state index is 0.312. The van der Waals surface area contributed by atoms with Gasteiger partial charge >= 0.3 is 0 Å². The van der Waals surface area contributed by atoms with Gasteiger partial charge in [0.25, 0.3) is 0 Å². The van der Waals surface area contributed by atoms with Gasteiger partial charge < -0.3 is 19.3 Å². The van der Waals surface area contributed by atoms with Crippen LogP contribution in [0.3, 0.4) is 0 Å². The van der Waals surface area contributed by atoms with E-state index in [0.29, 0.717) is 28.3 Å². The zero-order valence-electron chi connectivity index (χ0n) is 16.1. The van der Waals surface area contributed by atoms with Crippen molar-refractivity contribution in [3.63, 3.8) is 0 Å². The maximum absolute atomic E-state index is 8.38. The molecule has 0 aliphatic rings. The molecule has 0 radical (unpaired) electrons. The van der Waals surface area contributed by atoms with Gasteiger partial charge in [-0.3, -0.25) is 5.41 Å². The fourth-order valence-corrected chi connectivity index (χ4v) is 3.18. The Labute approximate surface area is 168 Å². The molecule has 0 aliphatic carbocycles. The molecule has 1 atom stereocenters. The van der Waals surface area contributed by atoms with Crippen LogP contribution in [0.4, 0.5) is 5.69 Å². The molecule has 0 spiro atoms. The quantitative estimate of drug-likeness (QED) is 0.445. The molecule has 1 aromatic heterocycles. The third-order valence-electron chi connectivity index (χ3n) is 4.20. The van der Waals surface area contributed by atoms with Crippen LogP contribution in [0, 0.1) is 12.3 Å². The Morgan fingerprint density at radius 3 is 2.39 bits per heavy atom. The summed E-state index contributed by atoms with van der Waals surface area (Å²) in [5.74, 6) is 2.36. The van der Waals surface area contributed by atoms with E-state index < -0.39 is 0 Å². The number of ether oxygens (including phenoxy) is 2. The highest BCUT2D eigenvalue weighted by Crippen LogP contribution is 2.33. The van der Waals surface area contributed by atoms with Crippen LogP contribution in [0.1, 0.15) is 17.5 Å². The van der Waals surface area contributed by atoms with E-state index in [4.69, 9.17) is 19.4 Å². The molecule has 146 valence electrons. The monoisotopic (exact) mass is 398 g/mol. The number of thioether (sulfide) groups is 1. The molecule has 2 N–H and O–H groups in total. The molecular formula is C20H22N4O3S. The van der Waals surface area contributed by atoms with Crippen LogP contribution in [0.15, 0.2) is 47.0 Å². The second kappa shape index (κ2) is 8.79. The number of benzene rings is 2. The second-order valence-electron chi connectivity index (χ2n) is 5.97. The molecule has 1 heterocycles. The zero-order valence-corrected chi connectivity index (χ0v) is 17.0. The molecule has 0 bridgehead atoms. The number of aromatic nitrogens is 2. The summed E-state index contributed by atoms with van der Waals surface area (Å²) in [4.78, 5) is 4.23. The van der Waals surface area contributed by atoms with E-state index in [1.165, 1.54) is 11.8 Å². The summed E-state index contributed by atoms with van der Waals surface area (Å²) in [6.07, 6.45) is 1.89. The van der Waals surface area contributed by atoms with Gasteiger partial charge in [0, 0.05) is 18.2 Å². The number of rotatable bonds is 7. The molecule has 7 nitrogen and oxygen atoms in total. The number of hydrogen-bond donors (Lipinski definition) is 2. The molecule has 3 rings (SSSR count). The molecule has 0 saturated heterocycles. The van der Waals surface area contributed by atoms with Gasteiger partial charge in [-0.25, -0.2) is 0 Å². The van der Waals surface area contributed by atoms with Crippen molar-refractivity contribution in [3.05, 3.63) is 53.9 Å². The summed E-state index contributed by atoms with van der Waals surface area (Å²) in [5.41, 5.74) is 2.66. The maximum atomic E-state index is 8.38. The lowest BCUT2D eigenvalue weighted by molar-refractivity contribution is 0.354.